The van der Waals surface area contributed by atoms with Crippen LogP contribution in [-0.2, 0) is 0 Å². The molecule has 2 aromatic heterocycles. The van der Waals surface area contributed by atoms with Crippen LogP contribution in [0.4, 0.5) is 0 Å². The SMILES string of the molecule is Cc1ncccc1-c1nc(C(=O)O)co1. The predicted molar refractivity (Wildman–Crippen MR) is 51.4 cm³/mol. The summed E-state index contributed by atoms with van der Waals surface area (Å²) >= 11 is 0. The van der Waals surface area contributed by atoms with Crippen molar-refractivity contribution in [3.05, 3.63) is 36.0 Å². The summed E-state index contributed by atoms with van der Waals surface area (Å²) in [6, 6.07) is 3.52. The third kappa shape index (κ3) is 1.71. The normalized spacial score (nSPS) is 10.2. The van der Waals surface area contributed by atoms with Gasteiger partial charge in [0.05, 0.1) is 5.56 Å². The highest BCUT2D eigenvalue weighted by atomic mass is 16.4. The van der Waals surface area contributed by atoms with Gasteiger partial charge in [-0.3, -0.25) is 4.98 Å². The fourth-order valence-electron chi connectivity index (χ4n) is 1.21. The molecule has 0 saturated carbocycles. The Morgan fingerprint density at radius 3 is 2.93 bits per heavy atom. The van der Waals surface area contributed by atoms with E-state index in [0.29, 0.717) is 5.56 Å². The van der Waals surface area contributed by atoms with Crippen molar-refractivity contribution in [1.82, 2.24) is 9.97 Å². The summed E-state index contributed by atoms with van der Waals surface area (Å²) in [5.41, 5.74) is 1.34. The van der Waals surface area contributed by atoms with Crippen molar-refractivity contribution in [2.75, 3.05) is 0 Å². The first-order valence-corrected chi connectivity index (χ1v) is 4.29. The van der Waals surface area contributed by atoms with Crippen LogP contribution in [0, 0.1) is 6.92 Å². The zero-order valence-electron chi connectivity index (χ0n) is 7.97. The van der Waals surface area contributed by atoms with Gasteiger partial charge in [0.1, 0.15) is 6.26 Å². The lowest BCUT2D eigenvalue weighted by Crippen LogP contribution is -1.96. The number of carbonyl (C=O) groups is 1. The summed E-state index contributed by atoms with van der Waals surface area (Å²) in [4.78, 5) is 18.5. The van der Waals surface area contributed by atoms with Crippen LogP contribution in [0.25, 0.3) is 11.5 Å². The van der Waals surface area contributed by atoms with Crippen molar-refractivity contribution in [2.45, 2.75) is 6.92 Å². The quantitative estimate of drug-likeness (QED) is 0.806. The van der Waals surface area contributed by atoms with Gasteiger partial charge in [-0.2, -0.15) is 0 Å². The molecule has 2 heterocycles. The molecule has 0 spiro atoms. The molecule has 0 saturated heterocycles. The first-order valence-electron chi connectivity index (χ1n) is 4.29. The number of rotatable bonds is 2. The lowest BCUT2D eigenvalue weighted by Gasteiger charge is -1.97. The van der Waals surface area contributed by atoms with Gasteiger partial charge in [0.2, 0.25) is 5.89 Å². The van der Waals surface area contributed by atoms with Crippen LogP contribution in [-0.4, -0.2) is 21.0 Å². The highest BCUT2D eigenvalue weighted by Crippen LogP contribution is 2.20. The van der Waals surface area contributed by atoms with Crippen molar-refractivity contribution in [3.63, 3.8) is 0 Å². The third-order valence-electron chi connectivity index (χ3n) is 1.96. The Balaban J connectivity index is 2.46. The topological polar surface area (TPSA) is 76.2 Å². The molecule has 0 amide bonds. The Labute approximate surface area is 85.4 Å². The highest BCUT2D eigenvalue weighted by molar-refractivity contribution is 5.85. The lowest BCUT2D eigenvalue weighted by molar-refractivity contribution is 0.0690. The minimum Gasteiger partial charge on any atom is -0.476 e. The van der Waals surface area contributed by atoms with E-state index in [2.05, 4.69) is 9.97 Å². The molecule has 0 atom stereocenters. The molecule has 0 radical (unpaired) electrons. The zero-order valence-corrected chi connectivity index (χ0v) is 7.97. The Hall–Kier alpha value is -2.17. The van der Waals surface area contributed by atoms with E-state index in [-0.39, 0.29) is 11.6 Å². The van der Waals surface area contributed by atoms with Gasteiger partial charge < -0.3 is 9.52 Å². The monoisotopic (exact) mass is 204 g/mol. The van der Waals surface area contributed by atoms with Crippen molar-refractivity contribution in [3.8, 4) is 11.5 Å². The van der Waals surface area contributed by atoms with Gasteiger partial charge in [-0.25, -0.2) is 9.78 Å². The summed E-state index contributed by atoms with van der Waals surface area (Å²) < 4.78 is 5.06. The number of aromatic carboxylic acids is 1. The number of carboxylic acid groups (broad SMARTS) is 1. The second-order valence-electron chi connectivity index (χ2n) is 2.98. The second kappa shape index (κ2) is 3.53. The predicted octanol–water partition coefficient (Wildman–Crippen LogP) is 1.74. The van der Waals surface area contributed by atoms with E-state index in [1.807, 2.05) is 0 Å². The van der Waals surface area contributed by atoms with Gasteiger partial charge in [0.25, 0.3) is 0 Å². The van der Waals surface area contributed by atoms with E-state index in [0.717, 1.165) is 12.0 Å². The van der Waals surface area contributed by atoms with Gasteiger partial charge in [-0.05, 0) is 19.1 Å². The number of hydrogen-bond acceptors (Lipinski definition) is 4. The molecule has 0 unspecified atom stereocenters. The first kappa shape index (κ1) is 9.39. The molecule has 0 aliphatic heterocycles. The molecular formula is C10H8N2O3. The summed E-state index contributed by atoms with van der Waals surface area (Å²) in [5, 5.41) is 8.68. The van der Waals surface area contributed by atoms with Crippen LogP contribution in [0.2, 0.25) is 0 Å². The van der Waals surface area contributed by atoms with Crippen LogP contribution in [0.1, 0.15) is 16.2 Å². The average Bonchev–Trinajstić information content (AvgIpc) is 2.67. The maximum atomic E-state index is 10.6. The molecule has 0 aliphatic carbocycles. The maximum absolute atomic E-state index is 10.6. The first-order chi connectivity index (χ1) is 7.18. The minimum atomic E-state index is -1.11. The molecule has 0 bridgehead atoms. The molecule has 0 aromatic carbocycles. The molecule has 5 nitrogen and oxygen atoms in total. The van der Waals surface area contributed by atoms with Gasteiger partial charge in [-0.1, -0.05) is 0 Å². The molecule has 1 N–H and O–H groups in total. The van der Waals surface area contributed by atoms with E-state index in [9.17, 15) is 4.79 Å². The van der Waals surface area contributed by atoms with Gasteiger partial charge in [0, 0.05) is 11.9 Å². The number of pyridine rings is 1. The van der Waals surface area contributed by atoms with Crippen molar-refractivity contribution < 1.29 is 14.3 Å². The van der Waals surface area contributed by atoms with Crippen molar-refractivity contribution in [1.29, 1.82) is 0 Å². The number of hydrogen-bond donors (Lipinski definition) is 1. The molecule has 2 rings (SSSR count). The fraction of sp³-hybridized carbons (Fsp3) is 0.100. The fourth-order valence-corrected chi connectivity index (χ4v) is 1.21. The molecule has 0 aliphatic rings. The second-order valence-corrected chi connectivity index (χ2v) is 2.98. The smallest absolute Gasteiger partial charge is 0.357 e. The zero-order chi connectivity index (χ0) is 10.8. The van der Waals surface area contributed by atoms with Crippen molar-refractivity contribution in [2.24, 2.45) is 0 Å². The van der Waals surface area contributed by atoms with Crippen molar-refractivity contribution >= 4 is 5.97 Å². The Morgan fingerprint density at radius 2 is 2.33 bits per heavy atom. The van der Waals surface area contributed by atoms with E-state index in [1.165, 1.54) is 0 Å². The van der Waals surface area contributed by atoms with E-state index in [4.69, 9.17) is 9.52 Å². The number of aryl methyl sites for hydroxylation is 1. The third-order valence-corrected chi connectivity index (χ3v) is 1.96. The minimum absolute atomic E-state index is 0.103. The molecule has 15 heavy (non-hydrogen) atoms. The van der Waals surface area contributed by atoms with Crippen LogP contribution in [0.15, 0.2) is 29.0 Å². The highest BCUT2D eigenvalue weighted by Gasteiger charge is 2.13. The molecule has 0 fully saturated rings. The molecular weight excluding hydrogens is 196 g/mol. The Bertz CT molecular complexity index is 505. The lowest BCUT2D eigenvalue weighted by atomic mass is 10.2. The van der Waals surface area contributed by atoms with Crippen LogP contribution >= 0.6 is 0 Å². The van der Waals surface area contributed by atoms with E-state index >= 15 is 0 Å². The van der Waals surface area contributed by atoms with Gasteiger partial charge in [0.15, 0.2) is 5.69 Å². The average molecular weight is 204 g/mol. The molecule has 5 heteroatoms. The van der Waals surface area contributed by atoms with Gasteiger partial charge >= 0.3 is 5.97 Å². The number of nitrogens with zero attached hydrogens (tertiary/aromatic N) is 2. The molecule has 76 valence electrons. The van der Waals surface area contributed by atoms with Crippen LogP contribution in [0.5, 0.6) is 0 Å². The van der Waals surface area contributed by atoms with E-state index in [1.54, 1.807) is 25.3 Å². The Morgan fingerprint density at radius 1 is 1.53 bits per heavy atom. The number of carboxylic acids is 1. The largest absolute Gasteiger partial charge is 0.476 e. The summed E-state index contributed by atoms with van der Waals surface area (Å²) in [5.74, 6) is -0.829. The number of oxazole rings is 1. The summed E-state index contributed by atoms with van der Waals surface area (Å²) in [7, 11) is 0. The van der Waals surface area contributed by atoms with E-state index < -0.39 is 5.97 Å². The maximum Gasteiger partial charge on any atom is 0.357 e. The molecule has 2 aromatic rings. The standard InChI is InChI=1S/C10H8N2O3/c1-6-7(3-2-4-11-6)9-12-8(5-15-9)10(13)14/h2-5H,1H3,(H,13,14). The summed E-state index contributed by atoms with van der Waals surface area (Å²) in [6.45, 7) is 1.81. The number of aromatic nitrogens is 2. The Kier molecular flexibility index (Phi) is 2.21. The van der Waals surface area contributed by atoms with Gasteiger partial charge in [-0.15, -0.1) is 0 Å². The summed E-state index contributed by atoms with van der Waals surface area (Å²) in [6.07, 6.45) is 2.77. The van der Waals surface area contributed by atoms with Crippen LogP contribution in [0.3, 0.4) is 0 Å². The van der Waals surface area contributed by atoms with Crippen LogP contribution < -0.4 is 0 Å².